The number of thioether (sulfide) groups is 1. The minimum absolute atomic E-state index is 0.301. The van der Waals surface area contributed by atoms with Gasteiger partial charge in [-0.1, -0.05) is 17.3 Å². The summed E-state index contributed by atoms with van der Waals surface area (Å²) in [5, 5.41) is 5.37. The minimum atomic E-state index is -2.39. The Balaban J connectivity index is 2.11. The van der Waals surface area contributed by atoms with Crippen LogP contribution >= 0.6 is 23.1 Å². The number of halogens is 2. The highest BCUT2D eigenvalue weighted by Gasteiger charge is 2.20. The molecule has 2 rings (SSSR count). The Morgan fingerprint density at radius 3 is 2.69 bits per heavy atom. The number of rotatable bonds is 8. The molecule has 2 amide bonds. The van der Waals surface area contributed by atoms with Crippen LogP contribution < -0.4 is 10.6 Å². The number of hydrogen-bond acceptors (Lipinski definition) is 5. The van der Waals surface area contributed by atoms with Gasteiger partial charge in [-0.15, -0.1) is 17.9 Å². The molecule has 0 spiro atoms. The Morgan fingerprint density at radius 2 is 2.08 bits per heavy atom. The lowest BCUT2D eigenvalue weighted by molar-refractivity contribution is -0.125. The van der Waals surface area contributed by atoms with Crippen LogP contribution in [0.1, 0.15) is 20.3 Å². The van der Waals surface area contributed by atoms with Crippen LogP contribution in [0, 0.1) is 0 Å². The van der Waals surface area contributed by atoms with Crippen molar-refractivity contribution >= 4 is 50.8 Å². The van der Waals surface area contributed by atoms with E-state index in [-0.39, 0.29) is 17.6 Å². The summed E-state index contributed by atoms with van der Waals surface area (Å²) in [4.78, 5) is 28.0. The first-order valence-electron chi connectivity index (χ1n) is 7.78. The van der Waals surface area contributed by atoms with E-state index < -0.39 is 12.5 Å². The lowest BCUT2D eigenvalue weighted by Gasteiger charge is -2.17. The van der Waals surface area contributed by atoms with Crippen LogP contribution in [-0.4, -0.2) is 35.0 Å². The molecule has 26 heavy (non-hydrogen) atoms. The van der Waals surface area contributed by atoms with Gasteiger partial charge in [0.25, 0.3) is 0 Å². The van der Waals surface area contributed by atoms with Crippen molar-refractivity contribution in [2.24, 2.45) is 0 Å². The predicted octanol–water partition coefficient (Wildman–Crippen LogP) is 4.06. The highest BCUT2D eigenvalue weighted by Crippen LogP contribution is 2.32. The van der Waals surface area contributed by atoms with Gasteiger partial charge in [-0.2, -0.15) is 0 Å². The van der Waals surface area contributed by atoms with Crippen LogP contribution in [0.5, 0.6) is 0 Å². The molecule has 2 N–H and O–H groups in total. The molecule has 2 aromatic rings. The molecule has 0 aliphatic heterocycles. The van der Waals surface area contributed by atoms with Crippen molar-refractivity contribution in [3.8, 4) is 0 Å². The van der Waals surface area contributed by atoms with Gasteiger partial charge >= 0.3 is 0 Å². The molecule has 1 aromatic carbocycles. The summed E-state index contributed by atoms with van der Waals surface area (Å²) in [5.41, 5.74) is 2.01. The fourth-order valence-corrected chi connectivity index (χ4v) is 4.09. The summed E-state index contributed by atoms with van der Waals surface area (Å²) in [7, 11) is 0. The highest BCUT2D eigenvalue weighted by atomic mass is 32.2. The molecule has 140 valence electrons. The van der Waals surface area contributed by atoms with Gasteiger partial charge in [-0.05, 0) is 31.5 Å². The number of alkyl halides is 2. The second-order valence-electron chi connectivity index (χ2n) is 5.77. The van der Waals surface area contributed by atoms with Crippen molar-refractivity contribution in [3.05, 3.63) is 30.4 Å². The van der Waals surface area contributed by atoms with Gasteiger partial charge < -0.3 is 10.6 Å². The van der Waals surface area contributed by atoms with E-state index in [1.54, 1.807) is 25.1 Å². The van der Waals surface area contributed by atoms with E-state index in [1.807, 2.05) is 0 Å². The van der Waals surface area contributed by atoms with Crippen molar-refractivity contribution in [2.75, 3.05) is 11.1 Å². The lowest BCUT2D eigenvalue weighted by atomic mass is 10.1. The van der Waals surface area contributed by atoms with Crippen LogP contribution in [-0.2, 0) is 9.59 Å². The summed E-state index contributed by atoms with van der Waals surface area (Å²) >= 11 is 2.30. The van der Waals surface area contributed by atoms with Gasteiger partial charge in [0, 0.05) is 12.6 Å². The number of hydrogen-bond donors (Lipinski definition) is 2. The first-order chi connectivity index (χ1) is 12.2. The van der Waals surface area contributed by atoms with E-state index in [9.17, 15) is 18.4 Å². The minimum Gasteiger partial charge on any atom is -0.344 e. The quantitative estimate of drug-likeness (QED) is 0.519. The number of fused-ring (bicyclic) bond motifs is 1. The number of carbonyl (C=O) groups is 2. The lowest BCUT2D eigenvalue weighted by Crippen LogP contribution is -2.43. The van der Waals surface area contributed by atoms with E-state index in [4.69, 9.17) is 0 Å². The average Bonchev–Trinajstić information content (AvgIpc) is 2.93. The molecule has 0 saturated heterocycles. The van der Waals surface area contributed by atoms with Gasteiger partial charge in [-0.25, -0.2) is 13.8 Å². The average molecular weight is 399 g/mol. The smallest absolute Gasteiger partial charge is 0.248 e. The molecule has 1 atom stereocenters. The van der Waals surface area contributed by atoms with Crippen molar-refractivity contribution < 1.29 is 18.4 Å². The molecule has 0 aliphatic carbocycles. The third-order valence-corrected chi connectivity index (χ3v) is 5.39. The standard InChI is InChI=1S/C17H19F2N3O2S2/c1-9(2)6-13(20-10(3)23)16(24)21-11-4-5-12-14(7-11)26-17(22-12)25-8-15(18)19/h4-5,7,13,15H,1,6,8H2,2-3H3,(H,20,23)(H,21,24). The van der Waals surface area contributed by atoms with E-state index in [0.29, 0.717) is 22.0 Å². The molecule has 0 bridgehead atoms. The maximum absolute atomic E-state index is 12.4. The van der Waals surface area contributed by atoms with Crippen molar-refractivity contribution in [3.63, 3.8) is 0 Å². The third kappa shape index (κ3) is 6.06. The molecule has 5 nitrogen and oxygen atoms in total. The largest absolute Gasteiger partial charge is 0.344 e. The second-order valence-corrected chi connectivity index (χ2v) is 8.07. The Kier molecular flexibility index (Phi) is 7.10. The molecule has 0 aliphatic rings. The molecular weight excluding hydrogens is 380 g/mol. The first-order valence-corrected chi connectivity index (χ1v) is 9.58. The Bertz CT molecular complexity index is 807. The summed E-state index contributed by atoms with van der Waals surface area (Å²) in [6, 6.07) is 4.44. The topological polar surface area (TPSA) is 71.1 Å². The van der Waals surface area contributed by atoms with Crippen LogP contribution in [0.3, 0.4) is 0 Å². The number of amides is 2. The number of nitrogens with one attached hydrogen (secondary N) is 2. The van der Waals surface area contributed by atoms with E-state index >= 15 is 0 Å². The summed E-state index contributed by atoms with van der Waals surface area (Å²) in [6.45, 7) is 6.90. The molecule has 9 heteroatoms. The van der Waals surface area contributed by atoms with Gasteiger partial charge in [-0.3, -0.25) is 9.59 Å². The van der Waals surface area contributed by atoms with Crippen LogP contribution in [0.4, 0.5) is 14.5 Å². The Hall–Kier alpha value is -2.00. The molecule has 1 heterocycles. The number of aromatic nitrogens is 1. The van der Waals surface area contributed by atoms with Crippen LogP contribution in [0.15, 0.2) is 34.7 Å². The van der Waals surface area contributed by atoms with Crippen molar-refractivity contribution in [2.45, 2.75) is 37.1 Å². The second kappa shape index (κ2) is 9.09. The predicted molar refractivity (Wildman–Crippen MR) is 102 cm³/mol. The van der Waals surface area contributed by atoms with Crippen molar-refractivity contribution in [1.82, 2.24) is 10.3 Å². The van der Waals surface area contributed by atoms with Gasteiger partial charge in [0.05, 0.1) is 16.0 Å². The maximum Gasteiger partial charge on any atom is 0.248 e. The maximum atomic E-state index is 12.4. The molecule has 1 unspecified atom stereocenters. The zero-order chi connectivity index (χ0) is 19.3. The Morgan fingerprint density at radius 1 is 1.35 bits per heavy atom. The Labute approximate surface area is 158 Å². The number of carbonyl (C=O) groups excluding carboxylic acids is 2. The van der Waals surface area contributed by atoms with E-state index in [0.717, 1.165) is 22.0 Å². The SMILES string of the molecule is C=C(C)CC(NC(C)=O)C(=O)Nc1ccc2nc(SCC(F)F)sc2c1. The van der Waals surface area contributed by atoms with E-state index in [2.05, 4.69) is 22.2 Å². The molecule has 0 saturated carbocycles. The number of nitrogens with zero attached hydrogens (tertiary/aromatic N) is 1. The number of thiazole rings is 1. The first kappa shape index (κ1) is 20.3. The number of anilines is 1. The molecule has 0 radical (unpaired) electrons. The zero-order valence-corrected chi connectivity index (χ0v) is 16.0. The third-order valence-electron chi connectivity index (χ3n) is 3.22. The molecular formula is C17H19F2N3O2S2. The molecule has 1 aromatic heterocycles. The van der Waals surface area contributed by atoms with Crippen molar-refractivity contribution in [1.29, 1.82) is 0 Å². The monoisotopic (exact) mass is 399 g/mol. The number of benzene rings is 1. The summed E-state index contributed by atoms with van der Waals surface area (Å²) < 4.78 is 26.0. The zero-order valence-electron chi connectivity index (χ0n) is 14.3. The summed E-state index contributed by atoms with van der Waals surface area (Å²) in [6.07, 6.45) is -2.05. The molecule has 0 fully saturated rings. The normalized spacial score (nSPS) is 12.2. The van der Waals surface area contributed by atoms with Gasteiger partial charge in [0.1, 0.15) is 6.04 Å². The van der Waals surface area contributed by atoms with Crippen LogP contribution in [0.2, 0.25) is 0 Å². The highest BCUT2D eigenvalue weighted by molar-refractivity contribution is 8.01. The van der Waals surface area contributed by atoms with Gasteiger partial charge in [0.15, 0.2) is 4.34 Å². The van der Waals surface area contributed by atoms with E-state index in [1.165, 1.54) is 18.3 Å². The van der Waals surface area contributed by atoms with Crippen LogP contribution in [0.25, 0.3) is 10.2 Å². The fourth-order valence-electron chi connectivity index (χ4n) is 2.21. The van der Waals surface area contributed by atoms with Gasteiger partial charge in [0.2, 0.25) is 18.2 Å². The fraction of sp³-hybridized carbons (Fsp3) is 0.353. The summed E-state index contributed by atoms with van der Waals surface area (Å²) in [5.74, 6) is -0.952.